The molecule has 26 heavy (non-hydrogen) atoms. The Morgan fingerprint density at radius 3 is 1.54 bits per heavy atom. The number of likely N-dealkylation sites (tertiary alicyclic amines) is 2. The number of hydrogen-bond donors (Lipinski definition) is 0. The molecule has 0 saturated carbocycles. The molecule has 2 unspecified atom stereocenters. The molecule has 2 saturated heterocycles. The molecule has 0 bridgehead atoms. The van der Waals surface area contributed by atoms with Crippen molar-refractivity contribution < 1.29 is 28.7 Å². The summed E-state index contributed by atoms with van der Waals surface area (Å²) in [6, 6.07) is 0. The van der Waals surface area contributed by atoms with Crippen LogP contribution in [0.4, 0.5) is 0 Å². The first-order valence-electron chi connectivity index (χ1n) is 9.14. The van der Waals surface area contributed by atoms with E-state index in [9.17, 15) is 19.2 Å². The van der Waals surface area contributed by atoms with Gasteiger partial charge in [0.15, 0.2) is 12.5 Å². The zero-order valence-electron chi connectivity index (χ0n) is 15.3. The van der Waals surface area contributed by atoms with Crippen molar-refractivity contribution in [3.63, 3.8) is 0 Å². The van der Waals surface area contributed by atoms with Gasteiger partial charge in [0.2, 0.25) is 11.8 Å². The van der Waals surface area contributed by atoms with Gasteiger partial charge in [0.1, 0.15) is 0 Å². The first kappa shape index (κ1) is 19.9. The third-order valence-corrected chi connectivity index (χ3v) is 4.47. The number of amides is 2. The molecule has 0 aromatic heterocycles. The summed E-state index contributed by atoms with van der Waals surface area (Å²) in [4.78, 5) is 50.4. The maximum atomic E-state index is 11.9. The van der Waals surface area contributed by atoms with Crippen molar-refractivity contribution >= 4 is 23.8 Å². The number of carbonyl (C=O) groups is 4. The zero-order valence-corrected chi connectivity index (χ0v) is 15.3. The van der Waals surface area contributed by atoms with E-state index in [-0.39, 0.29) is 11.8 Å². The normalized spacial score (nSPS) is 19.9. The van der Waals surface area contributed by atoms with Gasteiger partial charge in [-0.25, -0.2) is 9.59 Å². The third kappa shape index (κ3) is 5.06. The summed E-state index contributed by atoms with van der Waals surface area (Å²) < 4.78 is 10.5. The molecule has 8 heteroatoms. The van der Waals surface area contributed by atoms with Gasteiger partial charge in [-0.2, -0.15) is 0 Å². The van der Waals surface area contributed by atoms with Crippen LogP contribution in [0.3, 0.4) is 0 Å². The van der Waals surface area contributed by atoms with Crippen molar-refractivity contribution in [3.05, 3.63) is 12.2 Å². The predicted molar refractivity (Wildman–Crippen MR) is 91.4 cm³/mol. The molecule has 2 aliphatic rings. The standard InChI is InChI=1S/C18H26N2O6/c1-3-15(19-11-5-7-13(19)21)25-17(23)9-10-18(24)26-16(4-2)20-12-6-8-14(20)22/h9-10,15-16H,3-8,11-12H2,1-2H3/b10-9-. The maximum Gasteiger partial charge on any atom is 0.332 e. The smallest absolute Gasteiger partial charge is 0.332 e. The fraction of sp³-hybridized carbons (Fsp3) is 0.667. The van der Waals surface area contributed by atoms with Gasteiger partial charge in [-0.05, 0) is 12.8 Å². The Balaban J connectivity index is 1.84. The molecule has 2 heterocycles. The van der Waals surface area contributed by atoms with Crippen molar-refractivity contribution in [2.45, 2.75) is 64.8 Å². The summed E-state index contributed by atoms with van der Waals surface area (Å²) in [5.41, 5.74) is 0. The number of nitrogens with zero attached hydrogens (tertiary/aromatic N) is 2. The van der Waals surface area contributed by atoms with Gasteiger partial charge < -0.3 is 19.3 Å². The molecule has 2 fully saturated rings. The average molecular weight is 366 g/mol. The second-order valence-electron chi connectivity index (χ2n) is 6.31. The quantitative estimate of drug-likeness (QED) is 0.475. The lowest BCUT2D eigenvalue weighted by Crippen LogP contribution is -2.39. The van der Waals surface area contributed by atoms with Crippen LogP contribution in [-0.2, 0) is 28.7 Å². The number of esters is 2. The van der Waals surface area contributed by atoms with Crippen molar-refractivity contribution in [2.75, 3.05) is 13.1 Å². The number of rotatable bonds is 8. The second-order valence-corrected chi connectivity index (χ2v) is 6.31. The van der Waals surface area contributed by atoms with Gasteiger partial charge in [0, 0.05) is 50.9 Å². The molecule has 0 spiro atoms. The third-order valence-electron chi connectivity index (χ3n) is 4.47. The van der Waals surface area contributed by atoms with Gasteiger partial charge in [-0.3, -0.25) is 9.59 Å². The minimum Gasteiger partial charge on any atom is -0.438 e. The molecular weight excluding hydrogens is 340 g/mol. The predicted octanol–water partition coefficient (Wildman–Crippen LogP) is 1.35. The molecule has 144 valence electrons. The van der Waals surface area contributed by atoms with E-state index in [1.807, 2.05) is 13.8 Å². The van der Waals surface area contributed by atoms with Crippen LogP contribution in [0.15, 0.2) is 12.2 Å². The summed E-state index contributed by atoms with van der Waals surface area (Å²) >= 11 is 0. The number of carbonyl (C=O) groups excluding carboxylic acids is 4. The Morgan fingerprint density at radius 1 is 0.885 bits per heavy atom. The lowest BCUT2D eigenvalue weighted by Gasteiger charge is -2.26. The van der Waals surface area contributed by atoms with Crippen molar-refractivity contribution in [1.82, 2.24) is 9.80 Å². The second kappa shape index (κ2) is 9.35. The van der Waals surface area contributed by atoms with Gasteiger partial charge in [0.25, 0.3) is 0 Å². The highest BCUT2D eigenvalue weighted by molar-refractivity contribution is 5.92. The average Bonchev–Trinajstić information content (AvgIpc) is 3.24. The molecular formula is C18H26N2O6. The van der Waals surface area contributed by atoms with Gasteiger partial charge in [-0.15, -0.1) is 0 Å². The van der Waals surface area contributed by atoms with Crippen molar-refractivity contribution in [3.8, 4) is 0 Å². The molecule has 0 N–H and O–H groups in total. The first-order chi connectivity index (χ1) is 12.5. The molecule has 0 aliphatic carbocycles. The molecule has 2 rings (SSSR count). The van der Waals surface area contributed by atoms with Crippen molar-refractivity contribution in [2.24, 2.45) is 0 Å². The van der Waals surface area contributed by atoms with Crippen LogP contribution >= 0.6 is 0 Å². The first-order valence-corrected chi connectivity index (χ1v) is 9.14. The van der Waals surface area contributed by atoms with Crippen LogP contribution < -0.4 is 0 Å². The molecule has 0 aromatic rings. The van der Waals surface area contributed by atoms with Gasteiger partial charge in [-0.1, -0.05) is 13.8 Å². The van der Waals surface area contributed by atoms with E-state index in [1.165, 1.54) is 9.80 Å². The van der Waals surface area contributed by atoms with E-state index in [0.717, 1.165) is 25.0 Å². The van der Waals surface area contributed by atoms with E-state index in [4.69, 9.17) is 9.47 Å². The van der Waals surface area contributed by atoms with E-state index in [1.54, 1.807) is 0 Å². The molecule has 2 amide bonds. The van der Waals surface area contributed by atoms with Gasteiger partial charge in [0.05, 0.1) is 0 Å². The highest BCUT2D eigenvalue weighted by Crippen LogP contribution is 2.18. The van der Waals surface area contributed by atoms with Crippen molar-refractivity contribution in [1.29, 1.82) is 0 Å². The highest BCUT2D eigenvalue weighted by Gasteiger charge is 2.30. The minimum absolute atomic E-state index is 0.0332. The summed E-state index contributed by atoms with van der Waals surface area (Å²) in [5.74, 6) is -1.49. The Kier molecular flexibility index (Phi) is 7.17. The molecule has 2 aliphatic heterocycles. The Morgan fingerprint density at radius 2 is 1.27 bits per heavy atom. The molecule has 8 nitrogen and oxygen atoms in total. The lowest BCUT2D eigenvalue weighted by atomic mass is 10.3. The summed E-state index contributed by atoms with van der Waals surface area (Å²) in [7, 11) is 0. The zero-order chi connectivity index (χ0) is 19.1. The van der Waals surface area contributed by atoms with Crippen LogP contribution in [0.5, 0.6) is 0 Å². The van der Waals surface area contributed by atoms with Crippen LogP contribution in [0.1, 0.15) is 52.4 Å². The van der Waals surface area contributed by atoms with Gasteiger partial charge >= 0.3 is 11.9 Å². The minimum atomic E-state index is -0.709. The summed E-state index contributed by atoms with van der Waals surface area (Å²) in [5, 5.41) is 0. The Labute approximate surface area is 153 Å². The number of ether oxygens (including phenoxy) is 2. The van der Waals surface area contributed by atoms with E-state index >= 15 is 0 Å². The maximum absolute atomic E-state index is 11.9. The lowest BCUT2D eigenvalue weighted by molar-refractivity contribution is -0.161. The number of hydrogen-bond acceptors (Lipinski definition) is 6. The SMILES string of the molecule is CCC(OC(=O)/C=C\C(=O)OC(CC)N1CCCC1=O)N1CCCC1=O. The van der Waals surface area contributed by atoms with E-state index < -0.39 is 24.4 Å². The Hall–Kier alpha value is -2.38. The fourth-order valence-electron chi connectivity index (χ4n) is 3.16. The van der Waals surface area contributed by atoms with Crippen LogP contribution in [0.25, 0.3) is 0 Å². The fourth-order valence-corrected chi connectivity index (χ4v) is 3.16. The van der Waals surface area contributed by atoms with E-state index in [0.29, 0.717) is 38.8 Å². The van der Waals surface area contributed by atoms with Crippen LogP contribution in [0.2, 0.25) is 0 Å². The summed E-state index contributed by atoms with van der Waals surface area (Å²) in [6.45, 7) is 4.78. The monoisotopic (exact) mass is 366 g/mol. The topological polar surface area (TPSA) is 93.2 Å². The molecule has 0 aromatic carbocycles. The largest absolute Gasteiger partial charge is 0.438 e. The molecule has 2 atom stereocenters. The highest BCUT2D eigenvalue weighted by atomic mass is 16.6. The van der Waals surface area contributed by atoms with Crippen LogP contribution in [-0.4, -0.2) is 59.1 Å². The molecule has 0 radical (unpaired) electrons. The summed E-state index contributed by atoms with van der Waals surface area (Å²) in [6.07, 6.45) is 4.12. The van der Waals surface area contributed by atoms with Crippen LogP contribution in [0, 0.1) is 0 Å². The Bertz CT molecular complexity index is 538. The van der Waals surface area contributed by atoms with E-state index in [2.05, 4.69) is 0 Å².